The quantitative estimate of drug-likeness (QED) is 0.0550. The van der Waals surface area contributed by atoms with Crippen molar-refractivity contribution in [3.05, 3.63) is 131 Å². The topological polar surface area (TPSA) is 0 Å². The van der Waals surface area contributed by atoms with Crippen molar-refractivity contribution in [2.75, 3.05) is 0 Å². The number of halogens is 2. The minimum Gasteiger partial charge on any atom is -0.206 e. The van der Waals surface area contributed by atoms with Crippen LogP contribution in [0.2, 0.25) is 0 Å². The fourth-order valence-corrected chi connectivity index (χ4v) is 8.40. The summed E-state index contributed by atoms with van der Waals surface area (Å²) in [7, 11) is 0. The molecule has 0 fully saturated rings. The van der Waals surface area contributed by atoms with Crippen molar-refractivity contribution in [2.24, 2.45) is 0 Å². The van der Waals surface area contributed by atoms with Gasteiger partial charge in [-0.1, -0.05) is 190 Å². The zero-order valence-corrected chi connectivity index (χ0v) is 35.1. The lowest BCUT2D eigenvalue weighted by Gasteiger charge is -2.20. The highest BCUT2D eigenvalue weighted by atomic mass is 19.1. The predicted octanol–water partition coefficient (Wildman–Crippen LogP) is 17.1. The molecular weight excluding hydrogens is 687 g/mol. The summed E-state index contributed by atoms with van der Waals surface area (Å²) in [6.45, 7) is 8.99. The van der Waals surface area contributed by atoms with Crippen LogP contribution in [-0.2, 0) is 25.7 Å². The summed E-state index contributed by atoms with van der Waals surface area (Å²) in [6.07, 6.45) is 22.9. The zero-order valence-electron chi connectivity index (χ0n) is 35.1. The third-order valence-electron chi connectivity index (χ3n) is 11.7. The van der Waals surface area contributed by atoms with Gasteiger partial charge in [0, 0.05) is 11.1 Å². The van der Waals surface area contributed by atoms with E-state index in [-0.39, 0.29) is 11.6 Å². The van der Waals surface area contributed by atoms with E-state index >= 15 is 8.78 Å². The van der Waals surface area contributed by atoms with Gasteiger partial charge in [0.2, 0.25) is 0 Å². The second-order valence-electron chi connectivity index (χ2n) is 16.1. The summed E-state index contributed by atoms with van der Waals surface area (Å²) in [5.74, 6) is -0.753. The van der Waals surface area contributed by atoms with Crippen LogP contribution in [0.3, 0.4) is 0 Å². The molecule has 0 heterocycles. The maximum Gasteiger partial charge on any atom is 0.131 e. The number of hydrogen-bond acceptors (Lipinski definition) is 0. The molecule has 0 radical (unpaired) electrons. The van der Waals surface area contributed by atoms with Gasteiger partial charge in [-0.3, -0.25) is 0 Å². The largest absolute Gasteiger partial charge is 0.206 e. The van der Waals surface area contributed by atoms with Crippen LogP contribution in [0.25, 0.3) is 44.5 Å². The molecule has 5 aromatic rings. The van der Waals surface area contributed by atoms with Gasteiger partial charge in [0.15, 0.2) is 0 Å². The molecule has 0 saturated carbocycles. The number of rotatable bonds is 24. The molecule has 0 aliphatic carbocycles. The van der Waals surface area contributed by atoms with Crippen molar-refractivity contribution < 1.29 is 8.78 Å². The molecule has 0 saturated heterocycles. The van der Waals surface area contributed by atoms with Gasteiger partial charge in [-0.15, -0.1) is 0 Å². The number of unbranched alkanes of at least 4 members (excludes halogenated alkanes) is 12. The van der Waals surface area contributed by atoms with Gasteiger partial charge in [0.05, 0.1) is 0 Å². The third-order valence-corrected chi connectivity index (χ3v) is 11.7. The average Bonchev–Trinajstić information content (AvgIpc) is 3.23. The lowest BCUT2D eigenvalue weighted by atomic mass is 9.84. The third kappa shape index (κ3) is 12.0. The van der Waals surface area contributed by atoms with E-state index in [4.69, 9.17) is 0 Å². The first-order valence-electron chi connectivity index (χ1n) is 22.4. The fraction of sp³-hybridized carbons (Fsp3) is 0.444. The molecule has 56 heavy (non-hydrogen) atoms. The van der Waals surface area contributed by atoms with Gasteiger partial charge in [0.1, 0.15) is 11.6 Å². The summed E-state index contributed by atoms with van der Waals surface area (Å²) in [5, 5.41) is 0. The molecule has 0 nitrogen and oxygen atoms in total. The van der Waals surface area contributed by atoms with Crippen molar-refractivity contribution in [1.29, 1.82) is 0 Å². The highest BCUT2D eigenvalue weighted by Gasteiger charge is 2.22. The molecule has 0 bridgehead atoms. The van der Waals surface area contributed by atoms with Crippen LogP contribution in [0.4, 0.5) is 8.78 Å². The van der Waals surface area contributed by atoms with E-state index in [2.05, 4.69) is 76.2 Å². The molecular formula is C54H68F2. The van der Waals surface area contributed by atoms with Crippen molar-refractivity contribution in [2.45, 2.75) is 156 Å². The molecule has 2 heteroatoms. The van der Waals surface area contributed by atoms with Gasteiger partial charge in [-0.25, -0.2) is 8.78 Å². The summed E-state index contributed by atoms with van der Waals surface area (Å²) >= 11 is 0. The van der Waals surface area contributed by atoms with E-state index in [1.54, 1.807) is 0 Å². The predicted molar refractivity (Wildman–Crippen MR) is 239 cm³/mol. The molecule has 0 N–H and O–H groups in total. The summed E-state index contributed by atoms with van der Waals surface area (Å²) in [4.78, 5) is 0. The van der Waals surface area contributed by atoms with Crippen LogP contribution >= 0.6 is 0 Å². The minimum atomic E-state index is -0.377. The van der Waals surface area contributed by atoms with E-state index in [1.807, 2.05) is 36.4 Å². The highest BCUT2D eigenvalue weighted by Crippen LogP contribution is 2.42. The van der Waals surface area contributed by atoms with E-state index in [9.17, 15) is 0 Å². The van der Waals surface area contributed by atoms with Gasteiger partial charge in [-0.05, 0) is 119 Å². The summed E-state index contributed by atoms with van der Waals surface area (Å²) < 4.78 is 34.1. The molecule has 5 rings (SSSR count). The Hall–Kier alpha value is -4.04. The fourth-order valence-electron chi connectivity index (χ4n) is 8.40. The first-order chi connectivity index (χ1) is 27.5. The standard InChI is InChI=1S/C54H68F2/c1-5-9-13-19-31-43-35-47(41-27-23-17-24-28-41)49(37-45(43)33-21-15-11-7-3)51-39-54(56)52(40-53(51)55)50-38-46(34-22-16-12-8-4)44(32-20-14-10-6-2)36-48(50)42-29-25-18-26-30-42/h17-18,23-30,35-40H,5-16,19-22,31-34H2,1-4H3. The van der Waals surface area contributed by atoms with E-state index < -0.39 is 0 Å². The van der Waals surface area contributed by atoms with E-state index in [0.29, 0.717) is 11.1 Å². The SMILES string of the molecule is CCCCCCc1cc(-c2ccccc2)c(-c2cc(F)c(-c3cc(CCCCCC)c(CCCCCC)cc3-c3ccccc3)cc2F)cc1CCCCCC. The number of hydrogen-bond donors (Lipinski definition) is 0. The van der Waals surface area contributed by atoms with E-state index in [1.165, 1.54) is 111 Å². The Bertz CT molecular complexity index is 1760. The van der Waals surface area contributed by atoms with Crippen LogP contribution < -0.4 is 0 Å². The first-order valence-corrected chi connectivity index (χ1v) is 22.4. The molecule has 0 unspecified atom stereocenters. The maximum atomic E-state index is 17.0. The molecule has 298 valence electrons. The Morgan fingerprint density at radius 1 is 0.304 bits per heavy atom. The Morgan fingerprint density at radius 3 is 0.875 bits per heavy atom. The Morgan fingerprint density at radius 2 is 0.589 bits per heavy atom. The maximum absolute atomic E-state index is 17.0. The van der Waals surface area contributed by atoms with Crippen LogP contribution in [0.1, 0.15) is 153 Å². The Kier molecular flexibility index (Phi) is 17.9. The average molecular weight is 755 g/mol. The van der Waals surface area contributed by atoms with Crippen LogP contribution in [-0.4, -0.2) is 0 Å². The number of benzene rings is 5. The lowest BCUT2D eigenvalue weighted by molar-refractivity contribution is 0.606. The zero-order chi connectivity index (χ0) is 39.5. The Labute approximate surface area is 339 Å². The first kappa shape index (κ1) is 43.1. The molecule has 0 aromatic heterocycles. The van der Waals surface area contributed by atoms with Crippen LogP contribution in [0.15, 0.2) is 97.1 Å². The molecule has 0 amide bonds. The smallest absolute Gasteiger partial charge is 0.131 e. The normalized spacial score (nSPS) is 11.4. The number of aryl methyl sites for hydroxylation is 4. The van der Waals surface area contributed by atoms with Crippen LogP contribution in [0.5, 0.6) is 0 Å². The van der Waals surface area contributed by atoms with Crippen molar-refractivity contribution in [3.63, 3.8) is 0 Å². The van der Waals surface area contributed by atoms with Gasteiger partial charge >= 0.3 is 0 Å². The van der Waals surface area contributed by atoms with Crippen molar-refractivity contribution in [3.8, 4) is 44.5 Å². The highest BCUT2D eigenvalue weighted by molar-refractivity contribution is 5.89. The molecule has 0 atom stereocenters. The molecule has 5 aromatic carbocycles. The van der Waals surface area contributed by atoms with Crippen molar-refractivity contribution in [1.82, 2.24) is 0 Å². The minimum absolute atomic E-state index is 0.339. The second kappa shape index (κ2) is 23.3. The molecule has 0 spiro atoms. The van der Waals surface area contributed by atoms with Crippen molar-refractivity contribution >= 4 is 0 Å². The lowest BCUT2D eigenvalue weighted by Crippen LogP contribution is -2.02. The van der Waals surface area contributed by atoms with Gasteiger partial charge < -0.3 is 0 Å². The molecule has 0 aliphatic heterocycles. The Balaban J connectivity index is 1.65. The van der Waals surface area contributed by atoms with E-state index in [0.717, 1.165) is 84.7 Å². The molecule has 0 aliphatic rings. The second-order valence-corrected chi connectivity index (χ2v) is 16.1. The van der Waals surface area contributed by atoms with Gasteiger partial charge in [-0.2, -0.15) is 0 Å². The van der Waals surface area contributed by atoms with Gasteiger partial charge in [0.25, 0.3) is 0 Å². The monoisotopic (exact) mass is 755 g/mol. The summed E-state index contributed by atoms with van der Waals surface area (Å²) in [5.41, 5.74) is 11.5. The van der Waals surface area contributed by atoms with Crippen LogP contribution in [0, 0.1) is 11.6 Å². The summed E-state index contributed by atoms with van der Waals surface area (Å²) in [6, 6.07) is 32.6.